The number of hydrogen-bond donors (Lipinski definition) is 2. The molecule has 3 aromatic heterocycles. The molecule has 3 aromatic rings. The Bertz CT molecular complexity index is 1040. The van der Waals surface area contributed by atoms with Crippen molar-refractivity contribution >= 4 is 28.4 Å². The zero-order valence-corrected chi connectivity index (χ0v) is 14.2. The summed E-state index contributed by atoms with van der Waals surface area (Å²) >= 11 is 0. The van der Waals surface area contributed by atoms with Gasteiger partial charge in [0.15, 0.2) is 0 Å². The molecule has 7 heteroatoms. The first-order chi connectivity index (χ1) is 12.0. The molecule has 1 amide bonds. The van der Waals surface area contributed by atoms with Crippen LogP contribution in [0.5, 0.6) is 0 Å². The second-order valence-electron chi connectivity index (χ2n) is 5.70. The van der Waals surface area contributed by atoms with Gasteiger partial charge in [-0.3, -0.25) is 4.79 Å². The van der Waals surface area contributed by atoms with Gasteiger partial charge in [0.05, 0.1) is 6.20 Å². The summed E-state index contributed by atoms with van der Waals surface area (Å²) in [5, 5.41) is 6.15. The zero-order valence-electron chi connectivity index (χ0n) is 14.2. The first kappa shape index (κ1) is 16.6. The van der Waals surface area contributed by atoms with Crippen molar-refractivity contribution in [3.63, 3.8) is 0 Å². The van der Waals surface area contributed by atoms with Crippen LogP contribution in [0.25, 0.3) is 16.7 Å². The zero-order chi connectivity index (χ0) is 18.0. The van der Waals surface area contributed by atoms with E-state index in [-0.39, 0.29) is 11.5 Å². The molecule has 0 aliphatic carbocycles. The van der Waals surface area contributed by atoms with Crippen molar-refractivity contribution in [3.8, 4) is 0 Å². The summed E-state index contributed by atoms with van der Waals surface area (Å²) in [7, 11) is 0. The van der Waals surface area contributed by atoms with Crippen molar-refractivity contribution < 1.29 is 9.78 Å². The van der Waals surface area contributed by atoms with Crippen LogP contribution in [0, 0.1) is 6.92 Å². The van der Waals surface area contributed by atoms with Crippen LogP contribution < -0.4 is 21.2 Å². The van der Waals surface area contributed by atoms with Gasteiger partial charge in [-0.1, -0.05) is 11.1 Å². The molecule has 0 bridgehead atoms. The minimum atomic E-state index is -0.306. The number of hydrogen-bond acceptors (Lipinski definition) is 4. The number of aromatic amines is 1. The van der Waals surface area contributed by atoms with E-state index < -0.39 is 0 Å². The number of H-pyrrole nitrogens is 1. The Morgan fingerprint density at radius 2 is 2.24 bits per heavy atom. The van der Waals surface area contributed by atoms with Gasteiger partial charge < -0.3 is 10.6 Å². The fourth-order valence-corrected chi connectivity index (χ4v) is 2.63. The number of carbonyl (C=O) groups is 1. The second kappa shape index (κ2) is 6.72. The minimum Gasteiger partial charge on any atom is -0.356 e. The number of pyridine rings is 2. The molecule has 0 aromatic carbocycles. The maximum atomic E-state index is 12.8. The number of rotatable bonds is 5. The summed E-state index contributed by atoms with van der Waals surface area (Å²) in [5.41, 5.74) is 2.14. The molecule has 25 heavy (non-hydrogen) atoms. The van der Waals surface area contributed by atoms with Crippen molar-refractivity contribution in [3.05, 3.63) is 58.5 Å². The molecule has 128 valence electrons. The maximum absolute atomic E-state index is 12.8. The predicted molar refractivity (Wildman–Crippen MR) is 97.0 cm³/mol. The molecule has 0 saturated carbocycles. The average Bonchev–Trinajstić information content (AvgIpc) is 2.60. The Hall–Kier alpha value is -3.22. The number of nitrogens with one attached hydrogen (secondary N) is 3. The highest BCUT2D eigenvalue weighted by molar-refractivity contribution is 6.01. The van der Waals surface area contributed by atoms with Gasteiger partial charge in [0.1, 0.15) is 10.9 Å². The summed E-state index contributed by atoms with van der Waals surface area (Å²) in [4.78, 5) is 32.9. The number of nitrogens with zero attached hydrogens (tertiary/aromatic N) is 2. The Balaban J connectivity index is 2.28. The SMILES string of the molecule is C=CCNC(=O)c1cc2c(=O)n3cc(C)ccc3[nH+]c2nc1NCC. The van der Waals surface area contributed by atoms with Gasteiger partial charge >= 0.3 is 5.56 Å². The van der Waals surface area contributed by atoms with E-state index in [0.29, 0.717) is 41.2 Å². The van der Waals surface area contributed by atoms with Crippen LogP contribution >= 0.6 is 0 Å². The highest BCUT2D eigenvalue weighted by Gasteiger charge is 2.21. The number of aromatic nitrogens is 3. The molecule has 3 heterocycles. The van der Waals surface area contributed by atoms with Gasteiger partial charge in [0, 0.05) is 19.2 Å². The topological polar surface area (TPSA) is 89.6 Å². The monoisotopic (exact) mass is 338 g/mol. The van der Waals surface area contributed by atoms with E-state index in [0.717, 1.165) is 5.56 Å². The van der Waals surface area contributed by atoms with Crippen LogP contribution in [-0.4, -0.2) is 28.4 Å². The van der Waals surface area contributed by atoms with E-state index in [1.54, 1.807) is 18.3 Å². The Morgan fingerprint density at radius 1 is 1.44 bits per heavy atom. The quantitative estimate of drug-likeness (QED) is 0.542. The van der Waals surface area contributed by atoms with Crippen LogP contribution in [0.2, 0.25) is 0 Å². The highest BCUT2D eigenvalue weighted by atomic mass is 16.1. The van der Waals surface area contributed by atoms with Gasteiger partial charge in [-0.05, 0) is 31.5 Å². The molecule has 0 radical (unpaired) electrons. The van der Waals surface area contributed by atoms with Gasteiger partial charge in [0.2, 0.25) is 11.5 Å². The van der Waals surface area contributed by atoms with Crippen molar-refractivity contribution in [2.45, 2.75) is 13.8 Å². The molecule has 3 rings (SSSR count). The third-order valence-corrected chi connectivity index (χ3v) is 3.81. The lowest BCUT2D eigenvalue weighted by Gasteiger charge is -2.08. The summed E-state index contributed by atoms with van der Waals surface area (Å²) in [5.74, 6) is 0.127. The number of fused-ring (bicyclic) bond motifs is 2. The third kappa shape index (κ3) is 3.08. The van der Waals surface area contributed by atoms with E-state index in [2.05, 4.69) is 27.2 Å². The highest BCUT2D eigenvalue weighted by Crippen LogP contribution is 2.17. The third-order valence-electron chi connectivity index (χ3n) is 3.81. The largest absolute Gasteiger partial charge is 0.356 e. The normalized spacial score (nSPS) is 10.8. The van der Waals surface area contributed by atoms with Crippen LogP contribution in [0.15, 0.2) is 41.8 Å². The van der Waals surface area contributed by atoms with E-state index in [9.17, 15) is 9.59 Å². The van der Waals surface area contributed by atoms with E-state index in [1.165, 1.54) is 4.40 Å². The summed E-state index contributed by atoms with van der Waals surface area (Å²) in [6.07, 6.45) is 3.35. The minimum absolute atomic E-state index is 0.222. The van der Waals surface area contributed by atoms with E-state index in [4.69, 9.17) is 0 Å². The fourth-order valence-electron chi connectivity index (χ4n) is 2.63. The van der Waals surface area contributed by atoms with Crippen molar-refractivity contribution in [1.82, 2.24) is 14.7 Å². The van der Waals surface area contributed by atoms with E-state index in [1.807, 2.05) is 26.0 Å². The van der Waals surface area contributed by atoms with Crippen LogP contribution in [0.3, 0.4) is 0 Å². The molecular weight excluding hydrogens is 318 g/mol. The molecule has 0 spiro atoms. The van der Waals surface area contributed by atoms with E-state index >= 15 is 0 Å². The first-order valence-electron chi connectivity index (χ1n) is 8.07. The maximum Gasteiger partial charge on any atom is 0.325 e. The lowest BCUT2D eigenvalue weighted by atomic mass is 10.2. The molecule has 0 unspecified atom stereocenters. The molecule has 0 saturated heterocycles. The Labute approximate surface area is 144 Å². The van der Waals surface area contributed by atoms with Gasteiger partial charge in [0.25, 0.3) is 11.6 Å². The number of aryl methyl sites for hydroxylation is 1. The number of carbonyl (C=O) groups excluding carboxylic acids is 1. The fraction of sp³-hybridized carbons (Fsp3) is 0.222. The molecule has 3 N–H and O–H groups in total. The van der Waals surface area contributed by atoms with Crippen LogP contribution in [0.4, 0.5) is 5.82 Å². The molecule has 0 aliphatic heterocycles. The predicted octanol–water partition coefficient (Wildman–Crippen LogP) is 1.32. The molecule has 0 fully saturated rings. The van der Waals surface area contributed by atoms with Crippen LogP contribution in [-0.2, 0) is 0 Å². The number of amides is 1. The average molecular weight is 338 g/mol. The van der Waals surface area contributed by atoms with Crippen LogP contribution in [0.1, 0.15) is 22.8 Å². The molecular formula is C18H20N5O2+. The standard InChI is InChI=1S/C18H19N5O2/c1-4-8-20-17(24)12-9-13-16(22-15(12)19-5-2)21-14-7-6-11(3)10-23(14)18(13)25/h4,6-7,9-10H,1,5,8H2,2-3H3,(H,19,22)(H,20,24)/p+1. The summed E-state index contributed by atoms with van der Waals surface area (Å²) in [6.45, 7) is 8.36. The second-order valence-corrected chi connectivity index (χ2v) is 5.70. The lowest BCUT2D eigenvalue weighted by molar-refractivity contribution is -0.319. The van der Waals surface area contributed by atoms with Gasteiger partial charge in [-0.15, -0.1) is 6.58 Å². The van der Waals surface area contributed by atoms with Gasteiger partial charge in [-0.2, -0.15) is 4.40 Å². The van der Waals surface area contributed by atoms with Gasteiger partial charge in [-0.25, -0.2) is 9.78 Å². The van der Waals surface area contributed by atoms with Crippen molar-refractivity contribution in [2.24, 2.45) is 0 Å². The first-order valence-corrected chi connectivity index (χ1v) is 8.07. The Kier molecular flexibility index (Phi) is 4.47. The smallest absolute Gasteiger partial charge is 0.325 e. The molecule has 7 nitrogen and oxygen atoms in total. The number of anilines is 1. The summed E-state index contributed by atoms with van der Waals surface area (Å²) < 4.78 is 1.53. The lowest BCUT2D eigenvalue weighted by Crippen LogP contribution is -2.28. The molecule has 0 aliphatic rings. The Morgan fingerprint density at radius 3 is 2.96 bits per heavy atom. The van der Waals surface area contributed by atoms with Crippen molar-refractivity contribution in [1.29, 1.82) is 0 Å². The summed E-state index contributed by atoms with van der Waals surface area (Å²) in [6, 6.07) is 5.32. The molecule has 0 atom stereocenters. The van der Waals surface area contributed by atoms with Crippen molar-refractivity contribution in [2.75, 3.05) is 18.4 Å².